The van der Waals surface area contributed by atoms with Crippen LogP contribution in [0.4, 0.5) is 0 Å². The summed E-state index contributed by atoms with van der Waals surface area (Å²) in [6.45, 7) is 0. The zero-order valence-electron chi connectivity index (χ0n) is 18.5. The summed E-state index contributed by atoms with van der Waals surface area (Å²) in [4.78, 5) is 51.1. The zero-order valence-corrected chi connectivity index (χ0v) is 18.5. The van der Waals surface area contributed by atoms with Crippen LogP contribution in [0.25, 0.3) is 0 Å². The minimum absolute atomic E-state index is 0.168. The van der Waals surface area contributed by atoms with E-state index in [1.807, 2.05) is 0 Å². The molecule has 1 saturated carbocycles. The molecule has 3 aromatic carbocycles. The molecule has 1 aliphatic rings. The lowest BCUT2D eigenvalue weighted by Crippen LogP contribution is -2.58. The quantitative estimate of drug-likeness (QED) is 0.428. The molecule has 0 radical (unpaired) electrons. The van der Waals surface area contributed by atoms with E-state index in [1.165, 1.54) is 36.4 Å². The highest BCUT2D eigenvalue weighted by Gasteiger charge is 2.50. The normalized spacial score (nSPS) is 21.6. The Labute approximate surface area is 201 Å². The third-order valence-electron chi connectivity index (χ3n) is 5.48. The van der Waals surface area contributed by atoms with Gasteiger partial charge in [-0.05, 0) is 36.4 Å². The van der Waals surface area contributed by atoms with Crippen LogP contribution in [0, 0.1) is 0 Å². The Kier molecular flexibility index (Phi) is 7.32. The maximum Gasteiger partial charge on any atom is 0.338 e. The Morgan fingerprint density at radius 3 is 1.40 bits per heavy atom. The second kappa shape index (κ2) is 10.8. The highest BCUT2D eigenvalue weighted by molar-refractivity contribution is 5.95. The number of hydrogen-bond acceptors (Lipinski definition) is 8. The van der Waals surface area contributed by atoms with Crippen LogP contribution in [0.15, 0.2) is 91.0 Å². The van der Waals surface area contributed by atoms with E-state index >= 15 is 0 Å². The van der Waals surface area contributed by atoms with Crippen LogP contribution >= 0.6 is 0 Å². The first-order chi connectivity index (χ1) is 16.9. The number of carbonyl (C=O) groups excluding carboxylic acids is 4. The molecule has 0 unspecified atom stereocenters. The first-order valence-corrected chi connectivity index (χ1v) is 10.9. The fraction of sp³-hybridized carbons (Fsp3) is 0.185. The van der Waals surface area contributed by atoms with E-state index in [2.05, 4.69) is 0 Å². The molecule has 8 nitrogen and oxygen atoms in total. The van der Waals surface area contributed by atoms with Gasteiger partial charge in [0, 0.05) is 6.42 Å². The molecule has 0 aromatic heterocycles. The van der Waals surface area contributed by atoms with Crippen molar-refractivity contribution >= 4 is 23.7 Å². The molecule has 1 fully saturated rings. The molecule has 4 rings (SSSR count). The highest BCUT2D eigenvalue weighted by Crippen LogP contribution is 2.28. The third-order valence-corrected chi connectivity index (χ3v) is 5.48. The lowest BCUT2D eigenvalue weighted by Gasteiger charge is -2.38. The molecule has 3 aromatic rings. The zero-order chi connectivity index (χ0) is 24.8. The first kappa shape index (κ1) is 23.8. The van der Waals surface area contributed by atoms with Crippen molar-refractivity contribution in [3.8, 4) is 0 Å². The molecule has 0 bridgehead atoms. The molecular weight excluding hydrogens is 452 g/mol. The maximum atomic E-state index is 12.8. The van der Waals surface area contributed by atoms with Crippen LogP contribution in [0.2, 0.25) is 0 Å². The monoisotopic (exact) mass is 474 g/mol. The Bertz CT molecular complexity index is 1190. The number of benzene rings is 3. The van der Waals surface area contributed by atoms with Crippen molar-refractivity contribution in [3.05, 3.63) is 108 Å². The summed E-state index contributed by atoms with van der Waals surface area (Å²) in [6.07, 6.45) is -6.55. The SMILES string of the molecule is O=C(O[C@@H]1[C@H](OC(=O)c2ccccc2)[C@H](O)CC(=O)[C@H]1OC(=O)c1ccccc1)c1ccccc1. The number of Topliss-reactive ketones (excluding diaryl/α,β-unsaturated/α-hetero) is 1. The number of rotatable bonds is 6. The third kappa shape index (κ3) is 5.62. The molecule has 1 aliphatic carbocycles. The lowest BCUT2D eigenvalue weighted by atomic mass is 9.87. The smallest absolute Gasteiger partial charge is 0.338 e. The van der Waals surface area contributed by atoms with E-state index in [4.69, 9.17) is 14.2 Å². The Balaban J connectivity index is 1.64. The van der Waals surface area contributed by atoms with Gasteiger partial charge in [-0.25, -0.2) is 14.4 Å². The summed E-state index contributed by atoms with van der Waals surface area (Å²) >= 11 is 0. The topological polar surface area (TPSA) is 116 Å². The second-order valence-corrected chi connectivity index (χ2v) is 7.90. The van der Waals surface area contributed by atoms with Gasteiger partial charge in [-0.1, -0.05) is 54.6 Å². The first-order valence-electron chi connectivity index (χ1n) is 10.9. The summed E-state index contributed by atoms with van der Waals surface area (Å²) in [5, 5.41) is 10.6. The number of esters is 3. The van der Waals surface area contributed by atoms with E-state index in [1.54, 1.807) is 54.6 Å². The fourth-order valence-electron chi connectivity index (χ4n) is 3.71. The van der Waals surface area contributed by atoms with Gasteiger partial charge in [0.05, 0.1) is 16.7 Å². The molecule has 1 N–H and O–H groups in total. The standard InChI is InChI=1S/C27H22O8/c28-20-16-21(29)23(34-26(31)18-12-6-2-7-13-18)24(35-27(32)19-14-8-3-9-15-19)22(20)33-25(30)17-10-4-1-5-11-17/h1-15,20,22-24,28H,16H2/t20-,22-,23-,24-/m1/s1. The van der Waals surface area contributed by atoms with Crippen LogP contribution < -0.4 is 0 Å². The van der Waals surface area contributed by atoms with Crippen molar-refractivity contribution in [1.82, 2.24) is 0 Å². The van der Waals surface area contributed by atoms with Gasteiger partial charge in [0.1, 0.15) is 6.10 Å². The van der Waals surface area contributed by atoms with E-state index in [0.717, 1.165) is 0 Å². The predicted molar refractivity (Wildman–Crippen MR) is 123 cm³/mol. The van der Waals surface area contributed by atoms with Gasteiger partial charge < -0.3 is 19.3 Å². The Hall–Kier alpha value is -4.30. The van der Waals surface area contributed by atoms with Crippen molar-refractivity contribution in [1.29, 1.82) is 0 Å². The van der Waals surface area contributed by atoms with Gasteiger partial charge in [-0.2, -0.15) is 0 Å². The van der Waals surface area contributed by atoms with Gasteiger partial charge >= 0.3 is 17.9 Å². The molecule has 0 aliphatic heterocycles. The van der Waals surface area contributed by atoms with Crippen LogP contribution in [0.5, 0.6) is 0 Å². The van der Waals surface area contributed by atoms with E-state index in [-0.39, 0.29) is 16.7 Å². The molecule has 8 heteroatoms. The summed E-state index contributed by atoms with van der Waals surface area (Å²) in [7, 11) is 0. The molecule has 0 spiro atoms. The number of aliphatic hydroxyl groups is 1. The van der Waals surface area contributed by atoms with Gasteiger partial charge in [0.2, 0.25) is 6.10 Å². The van der Waals surface area contributed by atoms with Crippen LogP contribution in [0.1, 0.15) is 37.5 Å². The molecule has 4 atom stereocenters. The second-order valence-electron chi connectivity index (χ2n) is 7.90. The maximum absolute atomic E-state index is 12.8. The van der Waals surface area contributed by atoms with Crippen LogP contribution in [-0.2, 0) is 19.0 Å². The number of carbonyl (C=O) groups is 4. The summed E-state index contributed by atoms with van der Waals surface area (Å²) < 4.78 is 16.5. The molecule has 35 heavy (non-hydrogen) atoms. The van der Waals surface area contributed by atoms with Crippen molar-refractivity contribution in [2.75, 3.05) is 0 Å². The molecule has 0 saturated heterocycles. The minimum atomic E-state index is -1.59. The Morgan fingerprint density at radius 1 is 0.600 bits per heavy atom. The lowest BCUT2D eigenvalue weighted by molar-refractivity contribution is -0.165. The van der Waals surface area contributed by atoms with Crippen molar-refractivity contribution < 1.29 is 38.5 Å². The number of aliphatic hydroxyl groups excluding tert-OH is 1. The number of ether oxygens (including phenoxy) is 3. The van der Waals surface area contributed by atoms with Gasteiger partial charge in [-0.3, -0.25) is 4.79 Å². The van der Waals surface area contributed by atoms with Crippen LogP contribution in [-0.4, -0.2) is 53.2 Å². The molecule has 0 amide bonds. The van der Waals surface area contributed by atoms with E-state index in [9.17, 15) is 24.3 Å². The van der Waals surface area contributed by atoms with Gasteiger partial charge in [0.15, 0.2) is 18.0 Å². The van der Waals surface area contributed by atoms with Crippen molar-refractivity contribution in [3.63, 3.8) is 0 Å². The number of ketones is 1. The van der Waals surface area contributed by atoms with Crippen LogP contribution in [0.3, 0.4) is 0 Å². The summed E-state index contributed by atoms with van der Waals surface area (Å²) in [5.74, 6) is -3.12. The summed E-state index contributed by atoms with van der Waals surface area (Å²) in [6, 6.07) is 23.9. The van der Waals surface area contributed by atoms with E-state index < -0.39 is 54.5 Å². The average Bonchev–Trinajstić information content (AvgIpc) is 2.89. The average molecular weight is 474 g/mol. The van der Waals surface area contributed by atoms with Gasteiger partial charge in [-0.15, -0.1) is 0 Å². The van der Waals surface area contributed by atoms with E-state index in [0.29, 0.717) is 0 Å². The van der Waals surface area contributed by atoms with Crippen molar-refractivity contribution in [2.24, 2.45) is 0 Å². The molecule has 0 heterocycles. The Morgan fingerprint density at radius 2 is 0.971 bits per heavy atom. The number of hydrogen-bond donors (Lipinski definition) is 1. The summed E-state index contributed by atoms with van der Waals surface area (Å²) in [5.41, 5.74) is 0.543. The van der Waals surface area contributed by atoms with Crippen molar-refractivity contribution in [2.45, 2.75) is 30.8 Å². The molecule has 178 valence electrons. The fourth-order valence-corrected chi connectivity index (χ4v) is 3.71. The molecular formula is C27H22O8. The minimum Gasteiger partial charge on any atom is -0.452 e. The highest BCUT2D eigenvalue weighted by atomic mass is 16.6. The largest absolute Gasteiger partial charge is 0.452 e. The van der Waals surface area contributed by atoms with Gasteiger partial charge in [0.25, 0.3) is 0 Å². The predicted octanol–water partition coefficient (Wildman–Crippen LogP) is 3.00.